The van der Waals surface area contributed by atoms with Gasteiger partial charge in [0.2, 0.25) is 0 Å². The summed E-state index contributed by atoms with van der Waals surface area (Å²) in [6, 6.07) is 9.37. The number of ether oxygens (including phenoxy) is 2. The molecule has 0 aliphatic heterocycles. The fraction of sp³-hybridized carbons (Fsp3) is 0.500. The van der Waals surface area contributed by atoms with Crippen LogP contribution < -0.4 is 4.74 Å². The zero-order valence-electron chi connectivity index (χ0n) is 10.5. The third kappa shape index (κ3) is 5.37. The summed E-state index contributed by atoms with van der Waals surface area (Å²) < 4.78 is 11.0. The van der Waals surface area contributed by atoms with Crippen molar-refractivity contribution in [2.24, 2.45) is 5.92 Å². The highest BCUT2D eigenvalue weighted by atomic mass is 16.5. The van der Waals surface area contributed by atoms with Gasteiger partial charge in [-0.15, -0.1) is 0 Å². The van der Waals surface area contributed by atoms with E-state index in [1.54, 1.807) is 6.07 Å². The highest BCUT2D eigenvalue weighted by Crippen LogP contribution is 2.16. The first-order valence-electron chi connectivity index (χ1n) is 5.93. The van der Waals surface area contributed by atoms with Crippen LogP contribution in [0.3, 0.4) is 0 Å². The molecule has 0 aliphatic rings. The molecule has 0 saturated carbocycles. The number of benzene rings is 1. The Morgan fingerprint density at radius 3 is 2.71 bits per heavy atom. The molecule has 1 rings (SSSR count). The minimum atomic E-state index is 0.565. The molecule has 17 heavy (non-hydrogen) atoms. The number of hydrogen-bond donors (Lipinski definition) is 0. The summed E-state index contributed by atoms with van der Waals surface area (Å²) in [4.78, 5) is 0. The molecular weight excluding hydrogens is 214 g/mol. The SMILES string of the molecule is CC(C)COCCCOc1ccccc1C#N. The summed E-state index contributed by atoms with van der Waals surface area (Å²) >= 11 is 0. The molecule has 0 bridgehead atoms. The standard InChI is InChI=1S/C14H19NO2/c1-12(2)11-16-8-5-9-17-14-7-4-3-6-13(14)10-15/h3-4,6-7,12H,5,8-9,11H2,1-2H3. The minimum Gasteiger partial charge on any atom is -0.492 e. The van der Waals surface area contributed by atoms with Gasteiger partial charge in [0.15, 0.2) is 0 Å². The molecular formula is C14H19NO2. The van der Waals surface area contributed by atoms with Gasteiger partial charge in [0, 0.05) is 19.6 Å². The van der Waals surface area contributed by atoms with Crippen LogP contribution in [-0.4, -0.2) is 19.8 Å². The first-order chi connectivity index (χ1) is 8.24. The van der Waals surface area contributed by atoms with Crippen molar-refractivity contribution in [3.05, 3.63) is 29.8 Å². The van der Waals surface area contributed by atoms with Crippen molar-refractivity contribution in [2.75, 3.05) is 19.8 Å². The lowest BCUT2D eigenvalue weighted by atomic mass is 10.2. The fourth-order valence-electron chi connectivity index (χ4n) is 1.35. The molecule has 0 unspecified atom stereocenters. The first kappa shape index (κ1) is 13.5. The highest BCUT2D eigenvalue weighted by molar-refractivity contribution is 5.42. The van der Waals surface area contributed by atoms with Crippen molar-refractivity contribution >= 4 is 0 Å². The molecule has 0 radical (unpaired) electrons. The van der Waals surface area contributed by atoms with Crippen molar-refractivity contribution < 1.29 is 9.47 Å². The Bertz CT molecular complexity index is 369. The van der Waals surface area contributed by atoms with Gasteiger partial charge in [0.25, 0.3) is 0 Å². The molecule has 3 nitrogen and oxygen atoms in total. The van der Waals surface area contributed by atoms with Gasteiger partial charge in [-0.3, -0.25) is 0 Å². The zero-order valence-corrected chi connectivity index (χ0v) is 10.5. The van der Waals surface area contributed by atoms with Crippen LogP contribution >= 0.6 is 0 Å². The molecule has 0 atom stereocenters. The number of rotatable bonds is 7. The third-order valence-electron chi connectivity index (χ3n) is 2.15. The van der Waals surface area contributed by atoms with E-state index >= 15 is 0 Å². The molecule has 1 aromatic rings. The predicted octanol–water partition coefficient (Wildman–Crippen LogP) is 3.00. The number of nitrogens with zero attached hydrogens (tertiary/aromatic N) is 1. The van der Waals surface area contributed by atoms with Gasteiger partial charge in [-0.2, -0.15) is 5.26 Å². The van der Waals surface area contributed by atoms with E-state index < -0.39 is 0 Å². The third-order valence-corrected chi connectivity index (χ3v) is 2.15. The van der Waals surface area contributed by atoms with Crippen molar-refractivity contribution in [3.63, 3.8) is 0 Å². The van der Waals surface area contributed by atoms with E-state index in [-0.39, 0.29) is 0 Å². The molecule has 0 saturated heterocycles. The van der Waals surface area contributed by atoms with E-state index in [0.717, 1.165) is 13.0 Å². The van der Waals surface area contributed by atoms with Crippen LogP contribution in [0.4, 0.5) is 0 Å². The average molecular weight is 233 g/mol. The number of hydrogen-bond acceptors (Lipinski definition) is 3. The Kier molecular flexibility index (Phi) is 6.13. The Balaban J connectivity index is 2.20. The van der Waals surface area contributed by atoms with Crippen LogP contribution in [0.15, 0.2) is 24.3 Å². The summed E-state index contributed by atoms with van der Waals surface area (Å²) in [5.41, 5.74) is 0.579. The molecule has 92 valence electrons. The number of nitriles is 1. The van der Waals surface area contributed by atoms with Crippen LogP contribution in [0.5, 0.6) is 5.75 Å². The van der Waals surface area contributed by atoms with Gasteiger partial charge in [0.05, 0.1) is 12.2 Å². The lowest BCUT2D eigenvalue weighted by Crippen LogP contribution is -2.07. The maximum Gasteiger partial charge on any atom is 0.137 e. The van der Waals surface area contributed by atoms with Gasteiger partial charge >= 0.3 is 0 Å². The second-order valence-corrected chi connectivity index (χ2v) is 4.28. The van der Waals surface area contributed by atoms with Crippen LogP contribution in [0, 0.1) is 17.2 Å². The summed E-state index contributed by atoms with van der Waals surface area (Å²) in [6.45, 7) is 6.32. The smallest absolute Gasteiger partial charge is 0.137 e. The van der Waals surface area contributed by atoms with Crippen molar-refractivity contribution in [1.82, 2.24) is 0 Å². The number of para-hydroxylation sites is 1. The van der Waals surface area contributed by atoms with Gasteiger partial charge in [-0.25, -0.2) is 0 Å². The van der Waals surface area contributed by atoms with E-state index in [9.17, 15) is 0 Å². The van der Waals surface area contributed by atoms with Crippen molar-refractivity contribution in [1.29, 1.82) is 5.26 Å². The molecule has 0 spiro atoms. The normalized spacial score (nSPS) is 10.2. The highest BCUT2D eigenvalue weighted by Gasteiger charge is 2.01. The molecule has 0 N–H and O–H groups in total. The van der Waals surface area contributed by atoms with E-state index in [1.807, 2.05) is 18.2 Å². The Morgan fingerprint density at radius 2 is 2.00 bits per heavy atom. The van der Waals surface area contributed by atoms with E-state index in [2.05, 4.69) is 19.9 Å². The van der Waals surface area contributed by atoms with Gasteiger partial charge in [0.1, 0.15) is 11.8 Å². The van der Waals surface area contributed by atoms with Gasteiger partial charge in [-0.05, 0) is 18.1 Å². The topological polar surface area (TPSA) is 42.2 Å². The van der Waals surface area contributed by atoms with Crippen LogP contribution in [0.1, 0.15) is 25.8 Å². The molecule has 0 fully saturated rings. The van der Waals surface area contributed by atoms with E-state index in [0.29, 0.717) is 30.4 Å². The Labute approximate surface area is 103 Å². The molecule has 0 aliphatic carbocycles. The Morgan fingerprint density at radius 1 is 1.24 bits per heavy atom. The molecule has 0 heterocycles. The summed E-state index contributed by atoms with van der Waals surface area (Å²) in [5.74, 6) is 1.22. The van der Waals surface area contributed by atoms with E-state index in [1.165, 1.54) is 0 Å². The molecule has 3 heteroatoms. The second-order valence-electron chi connectivity index (χ2n) is 4.28. The maximum absolute atomic E-state index is 8.87. The summed E-state index contributed by atoms with van der Waals surface area (Å²) in [7, 11) is 0. The monoisotopic (exact) mass is 233 g/mol. The first-order valence-corrected chi connectivity index (χ1v) is 5.93. The van der Waals surface area contributed by atoms with Gasteiger partial charge in [-0.1, -0.05) is 26.0 Å². The zero-order chi connectivity index (χ0) is 12.5. The molecule has 0 aromatic heterocycles. The minimum absolute atomic E-state index is 0.565. The quantitative estimate of drug-likeness (QED) is 0.680. The van der Waals surface area contributed by atoms with Crippen LogP contribution in [0.25, 0.3) is 0 Å². The molecule has 0 amide bonds. The largest absolute Gasteiger partial charge is 0.492 e. The summed E-state index contributed by atoms with van der Waals surface area (Å²) in [5, 5.41) is 8.87. The van der Waals surface area contributed by atoms with Crippen LogP contribution in [0.2, 0.25) is 0 Å². The fourth-order valence-corrected chi connectivity index (χ4v) is 1.35. The Hall–Kier alpha value is -1.53. The lowest BCUT2D eigenvalue weighted by molar-refractivity contribution is 0.0981. The predicted molar refractivity (Wildman–Crippen MR) is 66.9 cm³/mol. The summed E-state index contributed by atoms with van der Waals surface area (Å²) in [6.07, 6.45) is 0.840. The van der Waals surface area contributed by atoms with E-state index in [4.69, 9.17) is 14.7 Å². The van der Waals surface area contributed by atoms with Crippen LogP contribution in [-0.2, 0) is 4.74 Å². The van der Waals surface area contributed by atoms with Gasteiger partial charge < -0.3 is 9.47 Å². The molecule has 1 aromatic carbocycles. The average Bonchev–Trinajstić information content (AvgIpc) is 2.33. The lowest BCUT2D eigenvalue weighted by Gasteiger charge is -2.09. The second kappa shape index (κ2) is 7.70. The van der Waals surface area contributed by atoms with Crippen molar-refractivity contribution in [3.8, 4) is 11.8 Å². The maximum atomic E-state index is 8.87. The van der Waals surface area contributed by atoms with Crippen molar-refractivity contribution in [2.45, 2.75) is 20.3 Å².